The van der Waals surface area contributed by atoms with Crippen LogP contribution in [0, 0.1) is 0 Å². The third-order valence-corrected chi connectivity index (χ3v) is 2.53. The molecule has 0 aromatic rings. The number of hydrogen-bond donors (Lipinski definition) is 1. The van der Waals surface area contributed by atoms with Crippen LogP contribution in [0.15, 0.2) is 11.5 Å². The highest BCUT2D eigenvalue weighted by atomic mass is 33.1. The van der Waals surface area contributed by atoms with Gasteiger partial charge in [0.2, 0.25) is 0 Å². The summed E-state index contributed by atoms with van der Waals surface area (Å²) in [6.45, 7) is 2.25. The molecule has 1 N–H and O–H groups in total. The van der Waals surface area contributed by atoms with Gasteiger partial charge < -0.3 is 5.11 Å². The zero-order valence-electron chi connectivity index (χ0n) is 5.54. The molecule has 0 spiro atoms. The minimum absolute atomic E-state index is 0.319. The zero-order chi connectivity index (χ0) is 6.95. The molecule has 54 valence electrons. The summed E-state index contributed by atoms with van der Waals surface area (Å²) in [5, 5.41) is 9.99. The molecule has 3 heteroatoms. The number of hydrogen-bond acceptors (Lipinski definition) is 3. The van der Waals surface area contributed by atoms with Crippen LogP contribution in [0.5, 0.6) is 0 Å². The SMILES string of the molecule is C1=CSSC1.CCCO. The van der Waals surface area contributed by atoms with E-state index in [1.807, 2.05) is 28.5 Å². The van der Waals surface area contributed by atoms with E-state index in [1.54, 1.807) is 0 Å². The summed E-state index contributed by atoms with van der Waals surface area (Å²) in [5.74, 6) is 1.20. The van der Waals surface area contributed by atoms with Gasteiger partial charge in [-0.3, -0.25) is 0 Å². The lowest BCUT2D eigenvalue weighted by Crippen LogP contribution is -1.69. The van der Waals surface area contributed by atoms with Crippen LogP contribution in [0.2, 0.25) is 0 Å². The Bertz CT molecular complexity index is 65.5. The van der Waals surface area contributed by atoms with Gasteiger partial charge in [0.05, 0.1) is 0 Å². The highest BCUT2D eigenvalue weighted by Crippen LogP contribution is 2.27. The van der Waals surface area contributed by atoms with Crippen LogP contribution >= 0.6 is 21.6 Å². The van der Waals surface area contributed by atoms with Crippen molar-refractivity contribution in [3.8, 4) is 0 Å². The largest absolute Gasteiger partial charge is 0.396 e. The summed E-state index contributed by atoms with van der Waals surface area (Å²) in [5.41, 5.74) is 0. The van der Waals surface area contributed by atoms with Gasteiger partial charge in [0, 0.05) is 12.4 Å². The second-order valence-corrected chi connectivity index (χ2v) is 3.79. The smallest absolute Gasteiger partial charge is 0.0428 e. The van der Waals surface area contributed by atoms with Crippen molar-refractivity contribution in [3.63, 3.8) is 0 Å². The van der Waals surface area contributed by atoms with Crippen molar-refractivity contribution < 1.29 is 5.11 Å². The van der Waals surface area contributed by atoms with Crippen molar-refractivity contribution in [3.05, 3.63) is 11.5 Å². The Morgan fingerprint density at radius 1 is 1.67 bits per heavy atom. The Labute approximate surface area is 64.3 Å². The maximum absolute atomic E-state index is 7.88. The molecule has 0 unspecified atom stereocenters. The molecule has 1 rings (SSSR count). The first-order chi connectivity index (χ1) is 4.41. The highest BCUT2D eigenvalue weighted by molar-refractivity contribution is 8.78. The Kier molecular flexibility index (Phi) is 8.77. The van der Waals surface area contributed by atoms with Crippen molar-refractivity contribution >= 4 is 21.6 Å². The summed E-state index contributed by atoms with van der Waals surface area (Å²) < 4.78 is 0. The van der Waals surface area contributed by atoms with Gasteiger partial charge in [0.25, 0.3) is 0 Å². The molecule has 1 heterocycles. The standard InChI is InChI=1S/C3H8O.C3H4S2/c1-2-3-4;1-2-4-5-3-1/h4H,2-3H2,1H3;1-2H,3H2. The fourth-order valence-electron chi connectivity index (χ4n) is 0.196. The minimum Gasteiger partial charge on any atom is -0.396 e. The summed E-state index contributed by atoms with van der Waals surface area (Å²) in [6.07, 6.45) is 3.04. The molecule has 0 fully saturated rings. The van der Waals surface area contributed by atoms with E-state index in [-0.39, 0.29) is 0 Å². The van der Waals surface area contributed by atoms with Crippen LogP contribution in [0.4, 0.5) is 0 Å². The van der Waals surface area contributed by atoms with Gasteiger partial charge in [-0.05, 0) is 11.8 Å². The van der Waals surface area contributed by atoms with E-state index in [0.717, 1.165) is 6.42 Å². The van der Waals surface area contributed by atoms with Crippen LogP contribution in [-0.2, 0) is 0 Å². The molecule has 0 bridgehead atoms. The van der Waals surface area contributed by atoms with Crippen molar-refractivity contribution in [2.24, 2.45) is 0 Å². The van der Waals surface area contributed by atoms with Crippen molar-refractivity contribution in [1.82, 2.24) is 0 Å². The first kappa shape index (κ1) is 9.40. The maximum atomic E-state index is 7.88. The molecule has 0 atom stereocenters. The molecule has 1 aliphatic heterocycles. The van der Waals surface area contributed by atoms with Crippen molar-refractivity contribution in [2.75, 3.05) is 12.4 Å². The normalized spacial score (nSPS) is 14.9. The minimum atomic E-state index is 0.319. The number of aliphatic hydroxyl groups excluding tert-OH is 1. The van der Waals surface area contributed by atoms with Gasteiger partial charge >= 0.3 is 0 Å². The third-order valence-electron chi connectivity index (χ3n) is 0.608. The first-order valence-corrected chi connectivity index (χ1v) is 5.34. The van der Waals surface area contributed by atoms with Crippen molar-refractivity contribution in [2.45, 2.75) is 13.3 Å². The second kappa shape index (κ2) is 8.40. The number of rotatable bonds is 1. The van der Waals surface area contributed by atoms with Gasteiger partial charge in [-0.1, -0.05) is 34.6 Å². The van der Waals surface area contributed by atoms with Crippen LogP contribution in [0.25, 0.3) is 0 Å². The second-order valence-electron chi connectivity index (χ2n) is 1.48. The molecule has 0 radical (unpaired) electrons. The Balaban J connectivity index is 0.000000148. The summed E-state index contributed by atoms with van der Waals surface area (Å²) in [4.78, 5) is 0. The summed E-state index contributed by atoms with van der Waals surface area (Å²) in [6, 6.07) is 0. The third kappa shape index (κ3) is 8.40. The molecule has 0 aromatic heterocycles. The Hall–Kier alpha value is 0.400. The van der Waals surface area contributed by atoms with E-state index < -0.39 is 0 Å². The van der Waals surface area contributed by atoms with Gasteiger partial charge in [0.1, 0.15) is 0 Å². The van der Waals surface area contributed by atoms with Crippen LogP contribution in [0.1, 0.15) is 13.3 Å². The van der Waals surface area contributed by atoms with Crippen LogP contribution < -0.4 is 0 Å². The topological polar surface area (TPSA) is 20.2 Å². The average molecular weight is 164 g/mol. The van der Waals surface area contributed by atoms with Crippen molar-refractivity contribution in [1.29, 1.82) is 0 Å². The summed E-state index contributed by atoms with van der Waals surface area (Å²) in [7, 11) is 3.69. The predicted octanol–water partition coefficient (Wildman–Crippen LogP) is 2.28. The fraction of sp³-hybridized carbons (Fsp3) is 0.667. The zero-order valence-corrected chi connectivity index (χ0v) is 7.17. The lowest BCUT2D eigenvalue weighted by molar-refractivity contribution is 0.295. The van der Waals surface area contributed by atoms with Gasteiger partial charge in [0.15, 0.2) is 0 Å². The van der Waals surface area contributed by atoms with E-state index in [2.05, 4.69) is 11.5 Å². The molecule has 0 amide bonds. The number of aliphatic hydroxyl groups is 1. The lowest BCUT2D eigenvalue weighted by atomic mass is 10.5. The van der Waals surface area contributed by atoms with E-state index >= 15 is 0 Å². The Morgan fingerprint density at radius 2 is 2.33 bits per heavy atom. The maximum Gasteiger partial charge on any atom is 0.0428 e. The molecule has 9 heavy (non-hydrogen) atoms. The van der Waals surface area contributed by atoms with Crippen LogP contribution in [0.3, 0.4) is 0 Å². The molecule has 0 saturated carbocycles. The van der Waals surface area contributed by atoms with E-state index in [4.69, 9.17) is 5.11 Å². The van der Waals surface area contributed by atoms with E-state index in [1.165, 1.54) is 5.75 Å². The lowest BCUT2D eigenvalue weighted by Gasteiger charge is -1.69. The first-order valence-electron chi connectivity index (χ1n) is 2.96. The molecule has 1 aliphatic rings. The quantitative estimate of drug-likeness (QED) is 0.600. The van der Waals surface area contributed by atoms with E-state index in [0.29, 0.717) is 6.61 Å². The molecule has 0 aliphatic carbocycles. The van der Waals surface area contributed by atoms with Crippen LogP contribution in [-0.4, -0.2) is 17.5 Å². The average Bonchev–Trinajstić information content (AvgIpc) is 2.43. The predicted molar refractivity (Wildman–Crippen MR) is 46.6 cm³/mol. The Morgan fingerprint density at radius 3 is 2.44 bits per heavy atom. The molecular formula is C6H12OS2. The van der Waals surface area contributed by atoms with E-state index in [9.17, 15) is 0 Å². The fourth-order valence-corrected chi connectivity index (χ4v) is 1.77. The monoisotopic (exact) mass is 164 g/mol. The van der Waals surface area contributed by atoms with Gasteiger partial charge in [-0.2, -0.15) is 0 Å². The molecule has 1 nitrogen and oxygen atoms in total. The summed E-state index contributed by atoms with van der Waals surface area (Å²) >= 11 is 0. The molecule has 0 saturated heterocycles. The molecular weight excluding hydrogens is 152 g/mol. The van der Waals surface area contributed by atoms with Gasteiger partial charge in [-0.25, -0.2) is 0 Å². The molecule has 0 aromatic carbocycles. The highest BCUT2D eigenvalue weighted by Gasteiger charge is 1.85. The van der Waals surface area contributed by atoms with Gasteiger partial charge in [-0.15, -0.1) is 0 Å².